The highest BCUT2D eigenvalue weighted by atomic mass is 16.3. The molecule has 1 aliphatic heterocycles. The molecule has 1 N–H and O–H groups in total. The maximum Gasteiger partial charge on any atom is 0.234 e. The number of furan rings is 1. The second kappa shape index (κ2) is 3.72. The number of rotatable bonds is 1. The van der Waals surface area contributed by atoms with E-state index in [1.54, 1.807) is 6.26 Å². The Kier molecular flexibility index (Phi) is 2.26. The molecule has 2 heterocycles. The zero-order chi connectivity index (χ0) is 13.6. The minimum Gasteiger partial charge on any atom is -0.471 e. The van der Waals surface area contributed by atoms with Gasteiger partial charge in [-0.05, 0) is 37.1 Å². The molecule has 94 valence electrons. The summed E-state index contributed by atoms with van der Waals surface area (Å²) in [7, 11) is 0. The van der Waals surface area contributed by atoms with Crippen molar-refractivity contribution < 1.29 is 9.21 Å². The number of nitrogens with zero attached hydrogens (tertiary/aromatic N) is 1. The highest BCUT2D eigenvalue weighted by Crippen LogP contribution is 2.40. The van der Waals surface area contributed by atoms with Crippen LogP contribution in [0.25, 0.3) is 11.1 Å². The molecule has 4 nitrogen and oxygen atoms in total. The third-order valence-electron chi connectivity index (χ3n) is 3.60. The lowest BCUT2D eigenvalue weighted by molar-refractivity contribution is -0.119. The van der Waals surface area contributed by atoms with Crippen molar-refractivity contribution in [3.8, 4) is 17.2 Å². The van der Waals surface area contributed by atoms with Gasteiger partial charge in [-0.25, -0.2) is 0 Å². The van der Waals surface area contributed by atoms with E-state index < -0.39 is 5.41 Å². The van der Waals surface area contributed by atoms with Gasteiger partial charge in [-0.15, -0.1) is 0 Å². The first-order chi connectivity index (χ1) is 9.04. The second-order valence-electron chi connectivity index (χ2n) is 5.15. The van der Waals surface area contributed by atoms with Crippen molar-refractivity contribution in [2.45, 2.75) is 19.3 Å². The van der Waals surface area contributed by atoms with Gasteiger partial charge in [0.1, 0.15) is 12.3 Å². The normalized spacial score (nSPS) is 15.7. The molecular formula is C15H12N2O2. The van der Waals surface area contributed by atoms with Crippen LogP contribution < -0.4 is 5.32 Å². The van der Waals surface area contributed by atoms with Gasteiger partial charge in [-0.3, -0.25) is 4.79 Å². The van der Waals surface area contributed by atoms with Crippen molar-refractivity contribution in [1.82, 2.24) is 0 Å². The summed E-state index contributed by atoms with van der Waals surface area (Å²) in [6.45, 7) is 3.77. The molecule has 0 spiro atoms. The molecule has 1 aromatic carbocycles. The summed E-state index contributed by atoms with van der Waals surface area (Å²) in [4.78, 5) is 11.9. The highest BCUT2D eigenvalue weighted by Gasteiger charge is 2.38. The molecule has 0 radical (unpaired) electrons. The Morgan fingerprint density at radius 2 is 2.11 bits per heavy atom. The molecule has 0 fully saturated rings. The fraction of sp³-hybridized carbons (Fsp3) is 0.200. The maximum atomic E-state index is 11.9. The van der Waals surface area contributed by atoms with E-state index in [9.17, 15) is 4.79 Å². The van der Waals surface area contributed by atoms with E-state index in [-0.39, 0.29) is 5.91 Å². The number of nitriles is 1. The molecule has 0 aliphatic carbocycles. The van der Waals surface area contributed by atoms with Crippen molar-refractivity contribution in [3.05, 3.63) is 41.9 Å². The first kappa shape index (κ1) is 11.5. The topological polar surface area (TPSA) is 66.0 Å². The van der Waals surface area contributed by atoms with Gasteiger partial charge in [-0.2, -0.15) is 5.26 Å². The average Bonchev–Trinajstić information content (AvgIpc) is 2.94. The summed E-state index contributed by atoms with van der Waals surface area (Å²) < 4.78 is 5.08. The Morgan fingerprint density at radius 1 is 1.32 bits per heavy atom. The van der Waals surface area contributed by atoms with Crippen molar-refractivity contribution in [1.29, 1.82) is 5.26 Å². The monoisotopic (exact) mass is 252 g/mol. The van der Waals surface area contributed by atoms with Crippen molar-refractivity contribution in [2.24, 2.45) is 0 Å². The number of carbonyl (C=O) groups excluding carboxylic acids is 1. The van der Waals surface area contributed by atoms with E-state index in [1.807, 2.05) is 32.0 Å². The zero-order valence-corrected chi connectivity index (χ0v) is 10.7. The van der Waals surface area contributed by atoms with Gasteiger partial charge in [0.15, 0.2) is 0 Å². The summed E-state index contributed by atoms with van der Waals surface area (Å²) >= 11 is 0. The standard InChI is InChI=1S/C15H12N2O2/c1-15(2)12-5-9(3-4-13(12)17-14(15)18)11-8-19-7-10(11)6-16/h3-5,7-8H,1-2H3,(H,17,18). The molecule has 0 saturated heterocycles. The van der Waals surface area contributed by atoms with E-state index in [4.69, 9.17) is 9.68 Å². The van der Waals surface area contributed by atoms with Crippen LogP contribution in [0.15, 0.2) is 35.1 Å². The highest BCUT2D eigenvalue weighted by molar-refractivity contribution is 6.06. The molecule has 4 heteroatoms. The molecule has 2 aromatic rings. The quantitative estimate of drug-likeness (QED) is 0.848. The Hall–Kier alpha value is -2.54. The predicted octanol–water partition coefficient (Wildman–Crippen LogP) is 3.05. The molecular weight excluding hydrogens is 240 g/mol. The minimum absolute atomic E-state index is 0.00708. The van der Waals surface area contributed by atoms with Crippen molar-refractivity contribution in [2.75, 3.05) is 5.32 Å². The summed E-state index contributed by atoms with van der Waals surface area (Å²) in [5.41, 5.74) is 3.35. The number of amides is 1. The number of fused-ring (bicyclic) bond motifs is 1. The van der Waals surface area contributed by atoms with E-state index in [2.05, 4.69) is 11.4 Å². The summed E-state index contributed by atoms with van der Waals surface area (Å²) in [5.74, 6) is -0.00708. The first-order valence-corrected chi connectivity index (χ1v) is 5.96. The van der Waals surface area contributed by atoms with E-state index in [0.29, 0.717) is 5.56 Å². The fourth-order valence-corrected chi connectivity index (χ4v) is 2.35. The summed E-state index contributed by atoms with van der Waals surface area (Å²) in [6.07, 6.45) is 2.98. The lowest BCUT2D eigenvalue weighted by atomic mass is 9.84. The molecule has 1 aliphatic rings. The van der Waals surface area contributed by atoms with Crippen LogP contribution in [-0.4, -0.2) is 5.91 Å². The molecule has 0 atom stereocenters. The summed E-state index contributed by atoms with van der Waals surface area (Å²) in [6, 6.07) is 7.79. The summed E-state index contributed by atoms with van der Waals surface area (Å²) in [5, 5.41) is 11.9. The lowest BCUT2D eigenvalue weighted by Crippen LogP contribution is -2.26. The number of nitrogens with one attached hydrogen (secondary N) is 1. The van der Waals surface area contributed by atoms with Gasteiger partial charge in [0.25, 0.3) is 0 Å². The molecule has 0 unspecified atom stereocenters. The van der Waals surface area contributed by atoms with Crippen molar-refractivity contribution in [3.63, 3.8) is 0 Å². The minimum atomic E-state index is -0.554. The number of hydrogen-bond donors (Lipinski definition) is 1. The van der Waals surface area contributed by atoms with Gasteiger partial charge in [0.2, 0.25) is 5.91 Å². The van der Waals surface area contributed by atoms with E-state index in [1.165, 1.54) is 6.26 Å². The fourth-order valence-electron chi connectivity index (χ4n) is 2.35. The number of hydrogen-bond acceptors (Lipinski definition) is 3. The van der Waals surface area contributed by atoms with Gasteiger partial charge in [0, 0.05) is 11.3 Å². The second-order valence-corrected chi connectivity index (χ2v) is 5.15. The van der Waals surface area contributed by atoms with E-state index >= 15 is 0 Å². The third-order valence-corrected chi connectivity index (χ3v) is 3.60. The lowest BCUT2D eigenvalue weighted by Gasteiger charge is -2.15. The van der Waals surface area contributed by atoms with Gasteiger partial charge in [-0.1, -0.05) is 6.07 Å². The van der Waals surface area contributed by atoms with Crippen LogP contribution in [0.4, 0.5) is 5.69 Å². The smallest absolute Gasteiger partial charge is 0.234 e. The number of benzene rings is 1. The van der Waals surface area contributed by atoms with Crippen LogP contribution in [-0.2, 0) is 10.2 Å². The Balaban J connectivity index is 2.17. The van der Waals surface area contributed by atoms with Crippen LogP contribution in [0.3, 0.4) is 0 Å². The molecule has 0 saturated carbocycles. The third kappa shape index (κ3) is 1.55. The van der Waals surface area contributed by atoms with Crippen LogP contribution in [0, 0.1) is 11.3 Å². The number of carbonyl (C=O) groups is 1. The maximum absolute atomic E-state index is 11.9. The number of anilines is 1. The molecule has 1 amide bonds. The van der Waals surface area contributed by atoms with Gasteiger partial charge >= 0.3 is 0 Å². The molecule has 19 heavy (non-hydrogen) atoms. The van der Waals surface area contributed by atoms with Gasteiger partial charge in [0.05, 0.1) is 17.2 Å². The van der Waals surface area contributed by atoms with Crippen molar-refractivity contribution >= 4 is 11.6 Å². The van der Waals surface area contributed by atoms with E-state index in [0.717, 1.165) is 22.4 Å². The molecule has 3 rings (SSSR count). The Bertz CT molecular complexity index is 720. The predicted molar refractivity (Wildman–Crippen MR) is 70.5 cm³/mol. The Morgan fingerprint density at radius 3 is 2.84 bits per heavy atom. The molecule has 1 aromatic heterocycles. The van der Waals surface area contributed by atoms with Crippen LogP contribution in [0.5, 0.6) is 0 Å². The van der Waals surface area contributed by atoms with Crippen LogP contribution >= 0.6 is 0 Å². The Labute approximate surface area is 110 Å². The van der Waals surface area contributed by atoms with Gasteiger partial charge < -0.3 is 9.73 Å². The zero-order valence-electron chi connectivity index (χ0n) is 10.7. The largest absolute Gasteiger partial charge is 0.471 e. The van der Waals surface area contributed by atoms with Crippen LogP contribution in [0.1, 0.15) is 25.0 Å². The average molecular weight is 252 g/mol. The molecule has 0 bridgehead atoms. The SMILES string of the molecule is CC1(C)C(=O)Nc2ccc(-c3cocc3C#N)cc21. The van der Waals surface area contributed by atoms with Crippen LogP contribution in [0.2, 0.25) is 0 Å². The first-order valence-electron chi connectivity index (χ1n) is 5.96.